The first-order valence-corrected chi connectivity index (χ1v) is 4.56. The summed E-state index contributed by atoms with van der Waals surface area (Å²) in [6, 6.07) is 0. The number of fused-ring (bicyclic) bond motifs is 2. The van der Waals surface area contributed by atoms with Gasteiger partial charge in [0.2, 0.25) is 0 Å². The molecule has 0 radical (unpaired) electrons. The normalized spacial score (nSPS) is 52.2. The third-order valence-electron chi connectivity index (χ3n) is 3.66. The summed E-state index contributed by atoms with van der Waals surface area (Å²) in [7, 11) is 0. The molecule has 0 heterocycles. The molecule has 2 fully saturated rings. The first-order chi connectivity index (χ1) is 5.34. The highest BCUT2D eigenvalue weighted by molar-refractivity contribution is 5.87. The van der Waals surface area contributed by atoms with Crippen molar-refractivity contribution in [1.29, 1.82) is 0 Å². The van der Waals surface area contributed by atoms with Crippen molar-refractivity contribution in [2.45, 2.75) is 19.3 Å². The van der Waals surface area contributed by atoms with Gasteiger partial charge in [0.15, 0.2) is 0 Å². The van der Waals surface area contributed by atoms with Crippen LogP contribution in [0.1, 0.15) is 19.3 Å². The van der Waals surface area contributed by atoms with Crippen LogP contribution in [0.3, 0.4) is 0 Å². The molecule has 0 spiro atoms. The molecule has 4 atom stereocenters. The van der Waals surface area contributed by atoms with Crippen LogP contribution in [-0.4, -0.2) is 5.78 Å². The maximum atomic E-state index is 11.6. The van der Waals surface area contributed by atoms with Crippen LogP contribution in [0.25, 0.3) is 0 Å². The highest BCUT2D eigenvalue weighted by Crippen LogP contribution is 2.50. The van der Waals surface area contributed by atoms with Crippen LogP contribution >= 0.6 is 0 Å². The largest absolute Gasteiger partial charge is 0.299 e. The molecule has 2 saturated carbocycles. The van der Waals surface area contributed by atoms with Gasteiger partial charge in [-0.2, -0.15) is 0 Å². The van der Waals surface area contributed by atoms with E-state index in [9.17, 15) is 4.79 Å². The Morgan fingerprint density at radius 1 is 1.18 bits per heavy atom. The topological polar surface area (TPSA) is 17.1 Å². The Bertz CT molecular complexity index is 241. The van der Waals surface area contributed by atoms with Gasteiger partial charge >= 0.3 is 0 Å². The van der Waals surface area contributed by atoms with Crippen molar-refractivity contribution in [3.63, 3.8) is 0 Å². The number of rotatable bonds is 0. The maximum absolute atomic E-state index is 11.6. The van der Waals surface area contributed by atoms with E-state index in [1.807, 2.05) is 0 Å². The van der Waals surface area contributed by atoms with Crippen molar-refractivity contribution in [2.24, 2.45) is 23.7 Å². The Kier molecular flexibility index (Phi) is 0.961. The van der Waals surface area contributed by atoms with E-state index in [0.29, 0.717) is 17.6 Å². The van der Waals surface area contributed by atoms with Crippen LogP contribution in [0.5, 0.6) is 0 Å². The molecule has 0 aromatic rings. The molecule has 0 aromatic carbocycles. The van der Waals surface area contributed by atoms with Gasteiger partial charge in [0.1, 0.15) is 5.78 Å². The number of allylic oxidation sites excluding steroid dienone is 2. The van der Waals surface area contributed by atoms with Crippen LogP contribution in [0.2, 0.25) is 0 Å². The summed E-state index contributed by atoms with van der Waals surface area (Å²) in [5, 5.41) is 0. The van der Waals surface area contributed by atoms with Gasteiger partial charge in [-0.1, -0.05) is 12.2 Å². The average Bonchev–Trinajstić information content (AvgIpc) is 2.33. The van der Waals surface area contributed by atoms with Crippen LogP contribution in [0.4, 0.5) is 0 Å². The predicted molar refractivity (Wildman–Crippen MR) is 42.0 cm³/mol. The van der Waals surface area contributed by atoms with Crippen molar-refractivity contribution in [2.75, 3.05) is 0 Å². The van der Waals surface area contributed by atoms with Gasteiger partial charge < -0.3 is 0 Å². The van der Waals surface area contributed by atoms with Crippen molar-refractivity contribution in [1.82, 2.24) is 0 Å². The molecule has 3 aliphatic carbocycles. The average molecular weight is 148 g/mol. The Hall–Kier alpha value is -0.590. The minimum Gasteiger partial charge on any atom is -0.299 e. The molecular weight excluding hydrogens is 136 g/mol. The standard InChI is InChI=1S/C10H12O/c11-10-7-2-1-6-3-9(10)5-8(6)4-7/h1-2,6-9H,3-5H2. The highest BCUT2D eigenvalue weighted by Gasteiger charge is 2.46. The fourth-order valence-electron chi connectivity index (χ4n) is 3.09. The molecule has 0 aromatic heterocycles. The van der Waals surface area contributed by atoms with Crippen LogP contribution < -0.4 is 0 Å². The molecule has 0 saturated heterocycles. The van der Waals surface area contributed by atoms with E-state index in [1.54, 1.807) is 0 Å². The molecule has 11 heavy (non-hydrogen) atoms. The number of hydrogen-bond acceptors (Lipinski definition) is 1. The summed E-state index contributed by atoms with van der Waals surface area (Å²) in [4.78, 5) is 11.6. The van der Waals surface area contributed by atoms with Crippen LogP contribution in [0, 0.1) is 23.7 Å². The quantitative estimate of drug-likeness (QED) is 0.479. The van der Waals surface area contributed by atoms with Crippen molar-refractivity contribution in [3.05, 3.63) is 12.2 Å². The minimum absolute atomic E-state index is 0.317. The third kappa shape index (κ3) is 0.640. The van der Waals surface area contributed by atoms with Crippen molar-refractivity contribution >= 4 is 5.78 Å². The number of carbonyl (C=O) groups is 1. The Morgan fingerprint density at radius 3 is 3.00 bits per heavy atom. The van der Waals surface area contributed by atoms with Gasteiger partial charge in [-0.15, -0.1) is 0 Å². The van der Waals surface area contributed by atoms with Gasteiger partial charge in [-0.25, -0.2) is 0 Å². The van der Waals surface area contributed by atoms with E-state index >= 15 is 0 Å². The lowest BCUT2D eigenvalue weighted by Gasteiger charge is -2.28. The van der Waals surface area contributed by atoms with E-state index in [2.05, 4.69) is 12.2 Å². The molecule has 1 nitrogen and oxygen atoms in total. The summed E-state index contributed by atoms with van der Waals surface area (Å²) in [5.74, 6) is 2.93. The lowest BCUT2D eigenvalue weighted by molar-refractivity contribution is -0.127. The van der Waals surface area contributed by atoms with Crippen LogP contribution in [0.15, 0.2) is 12.2 Å². The molecule has 0 aliphatic heterocycles. The highest BCUT2D eigenvalue weighted by atomic mass is 16.1. The maximum Gasteiger partial charge on any atom is 0.142 e. The molecule has 4 unspecified atom stereocenters. The first-order valence-electron chi connectivity index (χ1n) is 4.56. The predicted octanol–water partition coefficient (Wildman–Crippen LogP) is 1.79. The van der Waals surface area contributed by atoms with E-state index < -0.39 is 0 Å². The Labute approximate surface area is 66.5 Å². The van der Waals surface area contributed by atoms with Gasteiger partial charge in [-0.05, 0) is 31.1 Å². The second kappa shape index (κ2) is 1.77. The Morgan fingerprint density at radius 2 is 2.09 bits per heavy atom. The fourth-order valence-corrected chi connectivity index (χ4v) is 3.09. The summed E-state index contributed by atoms with van der Waals surface area (Å²) in [6.45, 7) is 0. The smallest absolute Gasteiger partial charge is 0.142 e. The van der Waals surface area contributed by atoms with Crippen molar-refractivity contribution in [3.8, 4) is 0 Å². The zero-order chi connectivity index (χ0) is 7.42. The van der Waals surface area contributed by atoms with Gasteiger partial charge in [0, 0.05) is 11.8 Å². The van der Waals surface area contributed by atoms with E-state index in [4.69, 9.17) is 0 Å². The summed E-state index contributed by atoms with van der Waals surface area (Å²) < 4.78 is 0. The number of carbonyl (C=O) groups excluding carboxylic acids is 1. The summed E-state index contributed by atoms with van der Waals surface area (Å²) >= 11 is 0. The first kappa shape index (κ1) is 5.99. The number of ketones is 1. The zero-order valence-electron chi connectivity index (χ0n) is 6.49. The SMILES string of the molecule is O=C1C2C=CC3CC1CC3C2. The summed E-state index contributed by atoms with van der Waals surface area (Å²) in [6.07, 6.45) is 7.98. The van der Waals surface area contributed by atoms with E-state index in [0.717, 1.165) is 24.7 Å². The molecule has 3 bridgehead atoms. The molecule has 3 aliphatic rings. The molecule has 58 valence electrons. The van der Waals surface area contributed by atoms with E-state index in [1.165, 1.54) is 6.42 Å². The second-order valence-corrected chi connectivity index (χ2v) is 4.22. The number of hydrogen-bond donors (Lipinski definition) is 0. The van der Waals surface area contributed by atoms with Gasteiger partial charge in [0.05, 0.1) is 0 Å². The molecule has 0 amide bonds. The monoisotopic (exact) mass is 148 g/mol. The fraction of sp³-hybridized carbons (Fsp3) is 0.700. The zero-order valence-corrected chi connectivity index (χ0v) is 6.49. The van der Waals surface area contributed by atoms with Gasteiger partial charge in [0.25, 0.3) is 0 Å². The molecule has 3 rings (SSSR count). The van der Waals surface area contributed by atoms with Crippen molar-refractivity contribution < 1.29 is 4.79 Å². The third-order valence-corrected chi connectivity index (χ3v) is 3.66. The van der Waals surface area contributed by atoms with E-state index in [-0.39, 0.29) is 0 Å². The summed E-state index contributed by atoms with van der Waals surface area (Å²) in [5.41, 5.74) is 0. The second-order valence-electron chi connectivity index (χ2n) is 4.22. The molecular formula is C10H12O. The molecule has 0 N–H and O–H groups in total. The lowest BCUT2D eigenvalue weighted by atomic mass is 9.75. The lowest BCUT2D eigenvalue weighted by Crippen LogP contribution is -2.28. The number of Topliss-reactive ketones (excluding diaryl/α,β-unsaturated/α-hetero) is 1. The van der Waals surface area contributed by atoms with Gasteiger partial charge in [-0.3, -0.25) is 4.79 Å². The van der Waals surface area contributed by atoms with Crippen LogP contribution in [-0.2, 0) is 4.79 Å². The minimum atomic E-state index is 0.317. The Balaban J connectivity index is 2.10. The molecule has 1 heteroatoms.